The van der Waals surface area contributed by atoms with Crippen molar-refractivity contribution in [2.75, 3.05) is 13.6 Å². The maximum Gasteiger partial charge on any atom is 0.250 e. The molecule has 1 aliphatic heterocycles. The van der Waals surface area contributed by atoms with Gasteiger partial charge in [0.2, 0.25) is 0 Å². The Hall–Kier alpha value is -1.09. The van der Waals surface area contributed by atoms with Gasteiger partial charge in [-0.1, -0.05) is 6.07 Å². The van der Waals surface area contributed by atoms with Gasteiger partial charge in [-0.3, -0.25) is 9.69 Å². The monoisotopic (exact) mass is 164 g/mol. The lowest BCUT2D eigenvalue weighted by Crippen LogP contribution is -2.36. The highest BCUT2D eigenvalue weighted by Crippen LogP contribution is 2.06. The SMILES string of the molecule is CN1CCn2c(cccc2=O)C1. The van der Waals surface area contributed by atoms with Crippen LogP contribution in [0.3, 0.4) is 0 Å². The molecule has 1 aromatic rings. The summed E-state index contributed by atoms with van der Waals surface area (Å²) < 4.78 is 1.85. The zero-order valence-electron chi connectivity index (χ0n) is 7.16. The highest BCUT2D eigenvalue weighted by atomic mass is 16.1. The molecule has 0 fully saturated rings. The summed E-state index contributed by atoms with van der Waals surface area (Å²) in [7, 11) is 2.07. The number of aromatic nitrogens is 1. The predicted octanol–water partition coefficient (Wildman–Crippen LogP) is 0.294. The van der Waals surface area contributed by atoms with E-state index < -0.39 is 0 Å². The Labute approximate surface area is 71.2 Å². The van der Waals surface area contributed by atoms with Gasteiger partial charge in [-0.05, 0) is 13.1 Å². The fourth-order valence-corrected chi connectivity index (χ4v) is 1.58. The molecule has 0 bridgehead atoms. The zero-order valence-corrected chi connectivity index (χ0v) is 7.16. The van der Waals surface area contributed by atoms with Gasteiger partial charge in [-0.2, -0.15) is 0 Å². The van der Waals surface area contributed by atoms with Crippen LogP contribution in [0.5, 0.6) is 0 Å². The van der Waals surface area contributed by atoms with Crippen molar-refractivity contribution in [2.45, 2.75) is 13.1 Å². The van der Waals surface area contributed by atoms with E-state index in [9.17, 15) is 4.79 Å². The summed E-state index contributed by atoms with van der Waals surface area (Å²) in [6.07, 6.45) is 0. The standard InChI is InChI=1S/C9H12N2O/c1-10-5-6-11-8(7-10)3-2-4-9(11)12/h2-4H,5-7H2,1H3. The average Bonchev–Trinajstić information content (AvgIpc) is 2.04. The average molecular weight is 164 g/mol. The molecule has 3 nitrogen and oxygen atoms in total. The molecule has 3 heteroatoms. The number of hydrogen-bond acceptors (Lipinski definition) is 2. The minimum Gasteiger partial charge on any atom is -0.310 e. The van der Waals surface area contributed by atoms with E-state index in [2.05, 4.69) is 11.9 Å². The Bertz CT molecular complexity index is 343. The zero-order chi connectivity index (χ0) is 8.55. The second-order valence-corrected chi connectivity index (χ2v) is 3.24. The lowest BCUT2D eigenvalue weighted by molar-refractivity contribution is 0.264. The minimum absolute atomic E-state index is 0.126. The fraction of sp³-hybridized carbons (Fsp3) is 0.444. The summed E-state index contributed by atoms with van der Waals surface area (Å²) in [5.41, 5.74) is 1.25. The van der Waals surface area contributed by atoms with E-state index >= 15 is 0 Å². The molecule has 0 atom stereocenters. The van der Waals surface area contributed by atoms with E-state index in [0.717, 1.165) is 25.3 Å². The van der Waals surface area contributed by atoms with Crippen LogP contribution in [0.15, 0.2) is 23.0 Å². The van der Waals surface area contributed by atoms with Crippen molar-refractivity contribution in [2.24, 2.45) is 0 Å². The van der Waals surface area contributed by atoms with Crippen LogP contribution < -0.4 is 5.56 Å². The summed E-state index contributed by atoms with van der Waals surface area (Å²) in [4.78, 5) is 13.5. The van der Waals surface area contributed by atoms with Crippen LogP contribution in [0.25, 0.3) is 0 Å². The lowest BCUT2D eigenvalue weighted by Gasteiger charge is -2.25. The number of rotatable bonds is 0. The third-order valence-electron chi connectivity index (χ3n) is 2.28. The Morgan fingerprint density at radius 3 is 3.00 bits per heavy atom. The second-order valence-electron chi connectivity index (χ2n) is 3.24. The number of likely N-dealkylation sites (N-methyl/N-ethyl adjacent to an activating group) is 1. The second kappa shape index (κ2) is 2.75. The topological polar surface area (TPSA) is 25.2 Å². The molecule has 0 spiro atoms. The third kappa shape index (κ3) is 1.16. The molecule has 0 saturated carbocycles. The molecule has 1 aromatic heterocycles. The van der Waals surface area contributed by atoms with Crippen LogP contribution in [0, 0.1) is 0 Å². The van der Waals surface area contributed by atoms with Crippen LogP contribution in [0.2, 0.25) is 0 Å². The Morgan fingerprint density at radius 2 is 2.17 bits per heavy atom. The van der Waals surface area contributed by atoms with Crippen molar-refractivity contribution < 1.29 is 0 Å². The normalized spacial score (nSPS) is 17.4. The number of fused-ring (bicyclic) bond motifs is 1. The molecule has 12 heavy (non-hydrogen) atoms. The fourth-order valence-electron chi connectivity index (χ4n) is 1.58. The number of pyridine rings is 1. The number of nitrogens with zero attached hydrogens (tertiary/aromatic N) is 2. The Balaban J connectivity index is 2.49. The maximum absolute atomic E-state index is 11.3. The van der Waals surface area contributed by atoms with E-state index in [4.69, 9.17) is 0 Å². The first-order chi connectivity index (χ1) is 5.77. The van der Waals surface area contributed by atoms with Gasteiger partial charge in [-0.25, -0.2) is 0 Å². The van der Waals surface area contributed by atoms with E-state index in [1.165, 1.54) is 0 Å². The molecule has 0 aliphatic carbocycles. The van der Waals surface area contributed by atoms with Gasteiger partial charge in [0.05, 0.1) is 0 Å². The molecule has 2 heterocycles. The molecule has 0 amide bonds. The van der Waals surface area contributed by atoms with Crippen LogP contribution >= 0.6 is 0 Å². The van der Waals surface area contributed by atoms with Gasteiger partial charge in [0, 0.05) is 31.4 Å². The molecular formula is C9H12N2O. The first-order valence-electron chi connectivity index (χ1n) is 4.14. The number of hydrogen-bond donors (Lipinski definition) is 0. The molecule has 1 aliphatic rings. The maximum atomic E-state index is 11.3. The smallest absolute Gasteiger partial charge is 0.250 e. The largest absolute Gasteiger partial charge is 0.310 e. The van der Waals surface area contributed by atoms with Crippen molar-refractivity contribution in [3.63, 3.8) is 0 Å². The summed E-state index contributed by atoms with van der Waals surface area (Å²) in [6, 6.07) is 5.46. The molecule has 64 valence electrons. The van der Waals surface area contributed by atoms with Crippen LogP contribution in [-0.4, -0.2) is 23.1 Å². The highest BCUT2D eigenvalue weighted by Gasteiger charge is 2.11. The van der Waals surface area contributed by atoms with E-state index in [1.807, 2.05) is 16.7 Å². The van der Waals surface area contributed by atoms with Crippen LogP contribution in [0.4, 0.5) is 0 Å². The van der Waals surface area contributed by atoms with Gasteiger partial charge in [-0.15, -0.1) is 0 Å². The van der Waals surface area contributed by atoms with E-state index in [0.29, 0.717) is 0 Å². The molecule has 0 aromatic carbocycles. The highest BCUT2D eigenvalue weighted by molar-refractivity contribution is 5.08. The first kappa shape index (κ1) is 7.55. The minimum atomic E-state index is 0.126. The molecule has 0 unspecified atom stereocenters. The van der Waals surface area contributed by atoms with Gasteiger partial charge >= 0.3 is 0 Å². The molecule has 0 radical (unpaired) electrons. The van der Waals surface area contributed by atoms with Crippen molar-refractivity contribution in [3.8, 4) is 0 Å². The summed E-state index contributed by atoms with van der Waals surface area (Å²) >= 11 is 0. The first-order valence-corrected chi connectivity index (χ1v) is 4.14. The molecular weight excluding hydrogens is 152 g/mol. The quantitative estimate of drug-likeness (QED) is 0.551. The summed E-state index contributed by atoms with van der Waals surface area (Å²) in [5, 5.41) is 0. The van der Waals surface area contributed by atoms with Crippen molar-refractivity contribution in [3.05, 3.63) is 34.2 Å². The Kier molecular flexibility index (Phi) is 1.73. The summed E-state index contributed by atoms with van der Waals surface area (Å²) in [5.74, 6) is 0. The van der Waals surface area contributed by atoms with Crippen LogP contribution in [-0.2, 0) is 13.1 Å². The van der Waals surface area contributed by atoms with Crippen LogP contribution in [0.1, 0.15) is 5.69 Å². The van der Waals surface area contributed by atoms with Gasteiger partial charge < -0.3 is 4.57 Å². The lowest BCUT2D eigenvalue weighted by atomic mass is 10.2. The van der Waals surface area contributed by atoms with E-state index in [1.54, 1.807) is 6.07 Å². The van der Waals surface area contributed by atoms with Gasteiger partial charge in [0.15, 0.2) is 0 Å². The van der Waals surface area contributed by atoms with Crippen molar-refractivity contribution in [1.82, 2.24) is 9.47 Å². The van der Waals surface area contributed by atoms with Crippen molar-refractivity contribution >= 4 is 0 Å². The molecule has 0 N–H and O–H groups in total. The Morgan fingerprint density at radius 1 is 1.33 bits per heavy atom. The van der Waals surface area contributed by atoms with Gasteiger partial charge in [0.1, 0.15) is 0 Å². The van der Waals surface area contributed by atoms with Gasteiger partial charge in [0.25, 0.3) is 5.56 Å². The molecule has 2 rings (SSSR count). The third-order valence-corrected chi connectivity index (χ3v) is 2.28. The van der Waals surface area contributed by atoms with Crippen molar-refractivity contribution in [1.29, 1.82) is 0 Å². The molecule has 0 saturated heterocycles. The van der Waals surface area contributed by atoms with E-state index in [-0.39, 0.29) is 5.56 Å². The predicted molar refractivity (Wildman–Crippen MR) is 47.0 cm³/mol. The summed E-state index contributed by atoms with van der Waals surface area (Å²) in [6.45, 7) is 2.68.